The maximum absolute atomic E-state index is 11.6. The van der Waals surface area contributed by atoms with Crippen molar-refractivity contribution >= 4 is 5.97 Å². The Hall–Kier alpha value is -1.71. The Morgan fingerprint density at radius 3 is 2.48 bits per heavy atom. The fourth-order valence-corrected chi connectivity index (χ4v) is 2.82. The lowest BCUT2D eigenvalue weighted by Crippen LogP contribution is -2.63. The third kappa shape index (κ3) is 4.90. The molecule has 1 heterocycles. The first-order valence-electron chi connectivity index (χ1n) is 8.27. The van der Waals surface area contributed by atoms with Crippen molar-refractivity contribution in [3.8, 4) is 5.75 Å². The zero-order valence-corrected chi connectivity index (χ0v) is 14.1. The normalized spacial score (nSPS) is 27.1. The molecule has 1 aromatic carbocycles. The molecule has 8 nitrogen and oxygen atoms in total. The van der Waals surface area contributed by atoms with Crippen molar-refractivity contribution in [1.29, 1.82) is 0 Å². The summed E-state index contributed by atoms with van der Waals surface area (Å²) in [5, 5.41) is 38.8. The van der Waals surface area contributed by atoms with Crippen molar-refractivity contribution in [3.05, 3.63) is 29.8 Å². The van der Waals surface area contributed by atoms with Crippen molar-refractivity contribution < 1.29 is 34.7 Å². The van der Waals surface area contributed by atoms with Crippen LogP contribution >= 0.6 is 0 Å². The van der Waals surface area contributed by atoms with Crippen LogP contribution in [0.1, 0.15) is 17.3 Å². The van der Waals surface area contributed by atoms with E-state index in [0.29, 0.717) is 24.5 Å². The number of aliphatic hydroxyl groups is 4. The highest BCUT2D eigenvalue weighted by atomic mass is 16.5. The van der Waals surface area contributed by atoms with Crippen molar-refractivity contribution in [2.75, 3.05) is 32.9 Å². The van der Waals surface area contributed by atoms with Gasteiger partial charge >= 0.3 is 5.97 Å². The Labute approximate surface area is 146 Å². The molecule has 1 aliphatic rings. The summed E-state index contributed by atoms with van der Waals surface area (Å²) in [7, 11) is 0. The van der Waals surface area contributed by atoms with Crippen LogP contribution < -0.4 is 4.74 Å². The first-order chi connectivity index (χ1) is 12.0. The van der Waals surface area contributed by atoms with Crippen LogP contribution in [-0.2, 0) is 4.74 Å². The molecule has 1 saturated heterocycles. The summed E-state index contributed by atoms with van der Waals surface area (Å²) in [5.41, 5.74) is 0.436. The van der Waals surface area contributed by atoms with E-state index in [-0.39, 0.29) is 19.8 Å². The van der Waals surface area contributed by atoms with Gasteiger partial charge in [-0.25, -0.2) is 4.79 Å². The fourth-order valence-electron chi connectivity index (χ4n) is 2.82. The van der Waals surface area contributed by atoms with Crippen LogP contribution in [0.25, 0.3) is 0 Å². The fraction of sp³-hybridized carbons (Fsp3) is 0.588. The quantitative estimate of drug-likeness (QED) is 0.460. The van der Waals surface area contributed by atoms with Crippen LogP contribution in [0.5, 0.6) is 5.75 Å². The van der Waals surface area contributed by atoms with Crippen LogP contribution in [0.3, 0.4) is 0 Å². The highest BCUT2D eigenvalue weighted by Gasteiger charge is 2.40. The number of benzene rings is 1. The van der Waals surface area contributed by atoms with Gasteiger partial charge in [0.1, 0.15) is 24.6 Å². The number of rotatable bonds is 7. The van der Waals surface area contributed by atoms with E-state index in [1.807, 2.05) is 0 Å². The van der Waals surface area contributed by atoms with Crippen LogP contribution in [0, 0.1) is 0 Å². The zero-order chi connectivity index (χ0) is 18.4. The predicted molar refractivity (Wildman–Crippen MR) is 88.4 cm³/mol. The number of hydrogen-bond acceptors (Lipinski definition) is 8. The van der Waals surface area contributed by atoms with Gasteiger partial charge in [-0.05, 0) is 31.2 Å². The second-order valence-electron chi connectivity index (χ2n) is 5.89. The summed E-state index contributed by atoms with van der Waals surface area (Å²) in [6.45, 7) is 2.46. The number of β-amino-alcohol motifs (C(OH)–C–C–N with tert-alkyl or cyclic N) is 1. The molecule has 0 aromatic heterocycles. The van der Waals surface area contributed by atoms with E-state index in [1.165, 1.54) is 0 Å². The standard InChI is InChI=1S/C17H25NO7/c1-2-24-17(23)11-3-5-12(6-4-11)25-8-7-18-9-14(20)16(22)15(21)13(18)10-19/h3-6,13-16,19-22H,2,7-10H2,1H3/t13-,14-,15-,16-/m1/s1. The molecule has 2 rings (SSSR count). The summed E-state index contributed by atoms with van der Waals surface area (Å²) in [4.78, 5) is 13.2. The molecule has 0 amide bonds. The second-order valence-corrected chi connectivity index (χ2v) is 5.89. The number of esters is 1. The average Bonchev–Trinajstić information content (AvgIpc) is 2.61. The highest BCUT2D eigenvalue weighted by molar-refractivity contribution is 5.89. The second kappa shape index (κ2) is 9.12. The first kappa shape index (κ1) is 19.6. The molecule has 140 valence electrons. The van der Waals surface area contributed by atoms with E-state index >= 15 is 0 Å². The van der Waals surface area contributed by atoms with Gasteiger partial charge in [-0.15, -0.1) is 0 Å². The Bertz CT molecular complexity index is 550. The maximum atomic E-state index is 11.6. The monoisotopic (exact) mass is 355 g/mol. The summed E-state index contributed by atoms with van der Waals surface area (Å²) in [6.07, 6.45) is -3.58. The van der Waals surface area contributed by atoms with Crippen LogP contribution in [0.4, 0.5) is 0 Å². The predicted octanol–water partition coefficient (Wildman–Crippen LogP) is -0.999. The molecule has 0 spiro atoms. The number of nitrogens with zero attached hydrogens (tertiary/aromatic N) is 1. The smallest absolute Gasteiger partial charge is 0.338 e. The number of hydrogen-bond donors (Lipinski definition) is 4. The largest absolute Gasteiger partial charge is 0.492 e. The lowest BCUT2D eigenvalue weighted by molar-refractivity contribution is -0.146. The van der Waals surface area contributed by atoms with E-state index in [1.54, 1.807) is 36.1 Å². The lowest BCUT2D eigenvalue weighted by Gasteiger charge is -2.42. The Morgan fingerprint density at radius 1 is 1.20 bits per heavy atom. The summed E-state index contributed by atoms with van der Waals surface area (Å²) in [6, 6.07) is 5.86. The minimum Gasteiger partial charge on any atom is -0.492 e. The van der Waals surface area contributed by atoms with Gasteiger partial charge in [0.15, 0.2) is 0 Å². The van der Waals surface area contributed by atoms with Gasteiger partial charge in [0, 0.05) is 13.1 Å². The minimum absolute atomic E-state index is 0.134. The molecule has 0 bridgehead atoms. The number of carbonyl (C=O) groups excluding carboxylic acids is 1. The van der Waals surface area contributed by atoms with Crippen molar-refractivity contribution in [2.45, 2.75) is 31.3 Å². The summed E-state index contributed by atoms with van der Waals surface area (Å²) >= 11 is 0. The third-order valence-electron chi connectivity index (χ3n) is 4.23. The summed E-state index contributed by atoms with van der Waals surface area (Å²) in [5.74, 6) is 0.168. The maximum Gasteiger partial charge on any atom is 0.338 e. The molecule has 0 saturated carbocycles. The van der Waals surface area contributed by atoms with Crippen molar-refractivity contribution in [3.63, 3.8) is 0 Å². The van der Waals surface area contributed by atoms with Gasteiger partial charge in [-0.2, -0.15) is 0 Å². The van der Waals surface area contributed by atoms with Gasteiger partial charge in [0.2, 0.25) is 0 Å². The minimum atomic E-state index is -1.27. The number of aliphatic hydroxyl groups excluding tert-OH is 4. The van der Waals surface area contributed by atoms with Crippen molar-refractivity contribution in [2.24, 2.45) is 0 Å². The van der Waals surface area contributed by atoms with E-state index in [9.17, 15) is 25.2 Å². The molecule has 1 aromatic rings. The molecular weight excluding hydrogens is 330 g/mol. The lowest BCUT2D eigenvalue weighted by atomic mass is 9.94. The molecule has 0 unspecified atom stereocenters. The molecule has 1 fully saturated rings. The topological polar surface area (TPSA) is 120 Å². The summed E-state index contributed by atoms with van der Waals surface area (Å²) < 4.78 is 10.5. The number of ether oxygens (including phenoxy) is 2. The van der Waals surface area contributed by atoms with E-state index < -0.39 is 30.3 Å². The zero-order valence-electron chi connectivity index (χ0n) is 14.1. The number of carbonyl (C=O) groups is 1. The van der Waals surface area contributed by atoms with Gasteiger partial charge in [0.05, 0.1) is 30.9 Å². The Kier molecular flexibility index (Phi) is 7.15. The SMILES string of the molecule is CCOC(=O)c1ccc(OCCN2C[C@@H](O)[C@@H](O)[C@H](O)[C@H]2CO)cc1. The average molecular weight is 355 g/mol. The molecular formula is C17H25NO7. The molecule has 25 heavy (non-hydrogen) atoms. The Balaban J connectivity index is 1.86. The first-order valence-corrected chi connectivity index (χ1v) is 8.27. The molecule has 0 aliphatic carbocycles. The van der Waals surface area contributed by atoms with Crippen LogP contribution in [0.2, 0.25) is 0 Å². The molecule has 8 heteroatoms. The van der Waals surface area contributed by atoms with Gasteiger partial charge < -0.3 is 29.9 Å². The van der Waals surface area contributed by atoms with E-state index in [0.717, 1.165) is 0 Å². The number of piperidine rings is 1. The third-order valence-corrected chi connectivity index (χ3v) is 4.23. The van der Waals surface area contributed by atoms with Gasteiger partial charge in [-0.1, -0.05) is 0 Å². The van der Waals surface area contributed by atoms with Crippen LogP contribution in [-0.4, -0.2) is 88.6 Å². The molecule has 4 N–H and O–H groups in total. The van der Waals surface area contributed by atoms with Gasteiger partial charge in [0.25, 0.3) is 0 Å². The highest BCUT2D eigenvalue weighted by Crippen LogP contribution is 2.19. The van der Waals surface area contributed by atoms with Gasteiger partial charge in [-0.3, -0.25) is 4.90 Å². The molecule has 4 atom stereocenters. The van der Waals surface area contributed by atoms with E-state index in [4.69, 9.17) is 9.47 Å². The molecule has 0 radical (unpaired) electrons. The molecule has 1 aliphatic heterocycles. The number of likely N-dealkylation sites (tertiary alicyclic amines) is 1. The van der Waals surface area contributed by atoms with Crippen molar-refractivity contribution in [1.82, 2.24) is 4.90 Å². The van der Waals surface area contributed by atoms with E-state index in [2.05, 4.69) is 0 Å². The van der Waals surface area contributed by atoms with Crippen LogP contribution in [0.15, 0.2) is 24.3 Å². The Morgan fingerprint density at radius 2 is 1.88 bits per heavy atom.